The molecule has 5 heteroatoms. The quantitative estimate of drug-likeness (QED) is 0.721. The summed E-state index contributed by atoms with van der Waals surface area (Å²) >= 11 is 0. The first-order valence-electron chi connectivity index (χ1n) is 7.63. The Kier molecular flexibility index (Phi) is 6.68. The van der Waals surface area contributed by atoms with E-state index in [2.05, 4.69) is 17.0 Å². The van der Waals surface area contributed by atoms with Gasteiger partial charge in [-0.2, -0.15) is 0 Å². The van der Waals surface area contributed by atoms with Gasteiger partial charge in [0.15, 0.2) is 0 Å². The van der Waals surface area contributed by atoms with E-state index in [9.17, 15) is 8.42 Å². The second-order valence-electron chi connectivity index (χ2n) is 5.71. The summed E-state index contributed by atoms with van der Waals surface area (Å²) in [7, 11) is -1.63. The minimum Gasteiger partial charge on any atom is -0.388 e. The maximum Gasteiger partial charge on any atom is 0.241 e. The number of nitrogens with one attached hydrogen (secondary N) is 2. The zero-order chi connectivity index (χ0) is 16.0. The Bertz CT molecular complexity index is 545. The van der Waals surface area contributed by atoms with Gasteiger partial charge in [-0.1, -0.05) is 26.2 Å². The van der Waals surface area contributed by atoms with Gasteiger partial charge in [0.05, 0.1) is 4.90 Å². The Balaban J connectivity index is 2.93. The van der Waals surface area contributed by atoms with Crippen LogP contribution < -0.4 is 10.0 Å². The Morgan fingerprint density at radius 1 is 1.14 bits per heavy atom. The molecule has 0 aliphatic carbocycles. The van der Waals surface area contributed by atoms with Crippen molar-refractivity contribution in [3.8, 4) is 0 Å². The predicted molar refractivity (Wildman–Crippen MR) is 89.4 cm³/mol. The molecule has 120 valence electrons. The van der Waals surface area contributed by atoms with Crippen LogP contribution in [0.15, 0.2) is 17.0 Å². The van der Waals surface area contributed by atoms with Crippen molar-refractivity contribution in [2.75, 3.05) is 12.4 Å². The van der Waals surface area contributed by atoms with Crippen LogP contribution in [0.4, 0.5) is 5.69 Å². The van der Waals surface area contributed by atoms with Crippen molar-refractivity contribution in [2.24, 2.45) is 0 Å². The third-order valence-corrected chi connectivity index (χ3v) is 5.51. The molecule has 0 spiro atoms. The van der Waals surface area contributed by atoms with E-state index in [4.69, 9.17) is 0 Å². The van der Waals surface area contributed by atoms with Gasteiger partial charge in [0.25, 0.3) is 0 Å². The molecule has 0 aromatic heterocycles. The van der Waals surface area contributed by atoms with Crippen LogP contribution in [0, 0.1) is 13.8 Å². The molecule has 21 heavy (non-hydrogen) atoms. The highest BCUT2D eigenvalue weighted by molar-refractivity contribution is 7.89. The summed E-state index contributed by atoms with van der Waals surface area (Å²) in [5.74, 6) is 0. The molecule has 0 saturated carbocycles. The molecule has 0 aliphatic heterocycles. The first-order chi connectivity index (χ1) is 9.81. The molecule has 0 heterocycles. The van der Waals surface area contributed by atoms with Crippen LogP contribution in [0.5, 0.6) is 0 Å². The molecular formula is C16H28N2O2S. The molecular weight excluding hydrogens is 284 g/mol. The first-order valence-corrected chi connectivity index (χ1v) is 9.11. The molecule has 0 saturated heterocycles. The smallest absolute Gasteiger partial charge is 0.241 e. The summed E-state index contributed by atoms with van der Waals surface area (Å²) in [4.78, 5) is 0.406. The molecule has 0 bridgehead atoms. The lowest BCUT2D eigenvalue weighted by atomic mass is 10.1. The fourth-order valence-electron chi connectivity index (χ4n) is 2.60. The van der Waals surface area contributed by atoms with E-state index in [0.717, 1.165) is 42.5 Å². The molecule has 0 fully saturated rings. The number of sulfonamides is 1. The lowest BCUT2D eigenvalue weighted by Crippen LogP contribution is -2.33. The van der Waals surface area contributed by atoms with Gasteiger partial charge in [0.1, 0.15) is 0 Å². The summed E-state index contributed by atoms with van der Waals surface area (Å²) in [6.45, 7) is 7.75. The second-order valence-corrected chi connectivity index (χ2v) is 7.36. The molecule has 1 unspecified atom stereocenters. The molecule has 1 aromatic carbocycles. The van der Waals surface area contributed by atoms with Gasteiger partial charge in [-0.25, -0.2) is 13.1 Å². The molecule has 1 rings (SSSR count). The van der Waals surface area contributed by atoms with Gasteiger partial charge in [-0.15, -0.1) is 0 Å². The highest BCUT2D eigenvalue weighted by Crippen LogP contribution is 2.24. The zero-order valence-corrected chi connectivity index (χ0v) is 14.6. The van der Waals surface area contributed by atoms with Crippen molar-refractivity contribution in [3.63, 3.8) is 0 Å². The van der Waals surface area contributed by atoms with E-state index >= 15 is 0 Å². The molecule has 0 amide bonds. The summed E-state index contributed by atoms with van der Waals surface area (Å²) in [5.41, 5.74) is 2.47. The third kappa shape index (κ3) is 5.00. The van der Waals surface area contributed by atoms with E-state index in [0.29, 0.717) is 4.90 Å². The summed E-state index contributed by atoms with van der Waals surface area (Å²) in [5, 5.41) is 3.05. The topological polar surface area (TPSA) is 58.2 Å². The van der Waals surface area contributed by atoms with Gasteiger partial charge >= 0.3 is 0 Å². The Morgan fingerprint density at radius 3 is 2.19 bits per heavy atom. The SMILES string of the molecule is CCCCCC(C)NS(=O)(=O)c1c(C)cc(NC)cc1C. The highest BCUT2D eigenvalue weighted by Gasteiger charge is 2.22. The molecule has 1 atom stereocenters. The number of benzene rings is 1. The molecule has 0 aliphatic rings. The largest absolute Gasteiger partial charge is 0.388 e. The van der Waals surface area contributed by atoms with Gasteiger partial charge in [0.2, 0.25) is 10.0 Å². The van der Waals surface area contributed by atoms with Gasteiger partial charge in [0, 0.05) is 18.8 Å². The van der Waals surface area contributed by atoms with E-state index in [-0.39, 0.29) is 6.04 Å². The number of aryl methyl sites for hydroxylation is 2. The summed E-state index contributed by atoms with van der Waals surface area (Å²) < 4.78 is 28.0. The monoisotopic (exact) mass is 312 g/mol. The van der Waals surface area contributed by atoms with Gasteiger partial charge in [-0.05, 0) is 50.5 Å². The van der Waals surface area contributed by atoms with Crippen LogP contribution >= 0.6 is 0 Å². The van der Waals surface area contributed by atoms with Crippen LogP contribution in [-0.2, 0) is 10.0 Å². The van der Waals surface area contributed by atoms with Crippen molar-refractivity contribution in [3.05, 3.63) is 23.3 Å². The lowest BCUT2D eigenvalue weighted by molar-refractivity contribution is 0.526. The molecule has 1 aromatic rings. The van der Waals surface area contributed by atoms with Crippen molar-refractivity contribution in [2.45, 2.75) is 64.3 Å². The fourth-order valence-corrected chi connectivity index (χ4v) is 4.33. The minimum atomic E-state index is -3.46. The van der Waals surface area contributed by atoms with Gasteiger partial charge in [-0.3, -0.25) is 0 Å². The average molecular weight is 312 g/mol. The number of hydrogen-bond acceptors (Lipinski definition) is 3. The molecule has 0 radical (unpaired) electrons. The number of anilines is 1. The number of rotatable bonds is 8. The maximum atomic E-state index is 12.6. The van der Waals surface area contributed by atoms with E-state index < -0.39 is 10.0 Å². The van der Waals surface area contributed by atoms with Crippen LogP contribution in [-0.4, -0.2) is 21.5 Å². The van der Waals surface area contributed by atoms with E-state index in [1.54, 1.807) is 0 Å². The van der Waals surface area contributed by atoms with Crippen molar-refractivity contribution < 1.29 is 8.42 Å². The van der Waals surface area contributed by atoms with Gasteiger partial charge < -0.3 is 5.32 Å². The van der Waals surface area contributed by atoms with Crippen LogP contribution in [0.1, 0.15) is 50.7 Å². The Labute approximate surface area is 129 Å². The lowest BCUT2D eigenvalue weighted by Gasteiger charge is -2.17. The highest BCUT2D eigenvalue weighted by atomic mass is 32.2. The van der Waals surface area contributed by atoms with Crippen LogP contribution in [0.3, 0.4) is 0 Å². The Morgan fingerprint density at radius 2 is 1.71 bits per heavy atom. The van der Waals surface area contributed by atoms with Crippen molar-refractivity contribution >= 4 is 15.7 Å². The van der Waals surface area contributed by atoms with Crippen LogP contribution in [0.2, 0.25) is 0 Å². The van der Waals surface area contributed by atoms with E-state index in [1.807, 2.05) is 40.0 Å². The van der Waals surface area contributed by atoms with Crippen molar-refractivity contribution in [1.29, 1.82) is 0 Å². The second kappa shape index (κ2) is 7.80. The predicted octanol–water partition coefficient (Wildman–Crippen LogP) is 3.59. The number of unbranched alkanes of at least 4 members (excludes halogenated alkanes) is 2. The summed E-state index contributed by atoms with van der Waals surface area (Å²) in [6.07, 6.45) is 4.21. The zero-order valence-electron chi connectivity index (χ0n) is 13.8. The molecule has 4 nitrogen and oxygen atoms in total. The maximum absolute atomic E-state index is 12.6. The van der Waals surface area contributed by atoms with Crippen molar-refractivity contribution in [1.82, 2.24) is 4.72 Å². The first kappa shape index (κ1) is 18.0. The molecule has 2 N–H and O–H groups in total. The van der Waals surface area contributed by atoms with E-state index in [1.165, 1.54) is 0 Å². The normalized spacial score (nSPS) is 13.2. The Hall–Kier alpha value is -1.07. The van der Waals surface area contributed by atoms with Crippen LogP contribution in [0.25, 0.3) is 0 Å². The number of hydrogen-bond donors (Lipinski definition) is 2. The average Bonchev–Trinajstić information content (AvgIpc) is 2.36. The fraction of sp³-hybridized carbons (Fsp3) is 0.625. The third-order valence-electron chi connectivity index (χ3n) is 3.61. The summed E-state index contributed by atoms with van der Waals surface area (Å²) in [6, 6.07) is 3.69. The minimum absolute atomic E-state index is 0.0377. The standard InChI is InChI=1S/C16H28N2O2S/c1-6-7-8-9-14(4)18-21(19,20)16-12(2)10-15(17-5)11-13(16)3/h10-11,14,17-18H,6-9H2,1-5H3.